The highest BCUT2D eigenvalue weighted by Crippen LogP contribution is 2.39. The Morgan fingerprint density at radius 1 is 1.25 bits per heavy atom. The Kier molecular flexibility index (Phi) is 3.08. The molecule has 2 rings (SSSR count). The maximum absolute atomic E-state index is 12.2. The number of fused-ring (bicyclic) bond motifs is 1. The van der Waals surface area contributed by atoms with Gasteiger partial charge in [0.1, 0.15) is 0 Å². The van der Waals surface area contributed by atoms with E-state index in [1.165, 1.54) is 0 Å². The molecule has 0 spiro atoms. The van der Waals surface area contributed by atoms with Crippen LogP contribution in [0, 0.1) is 5.41 Å². The molecule has 0 aromatic carbocycles. The molecule has 3 unspecified atom stereocenters. The van der Waals surface area contributed by atoms with Crippen LogP contribution in [0.3, 0.4) is 0 Å². The summed E-state index contributed by atoms with van der Waals surface area (Å²) in [5.41, 5.74) is 0.184. The van der Waals surface area contributed by atoms with Crippen LogP contribution in [-0.4, -0.2) is 31.5 Å². The quantitative estimate of drug-likeness (QED) is 0.707. The van der Waals surface area contributed by atoms with Gasteiger partial charge in [-0.15, -0.1) is 0 Å². The molecule has 0 amide bonds. The van der Waals surface area contributed by atoms with E-state index in [1.54, 1.807) is 0 Å². The molecule has 16 heavy (non-hydrogen) atoms. The van der Waals surface area contributed by atoms with Crippen molar-refractivity contribution in [3.63, 3.8) is 0 Å². The van der Waals surface area contributed by atoms with Crippen LogP contribution in [-0.2, 0) is 9.84 Å². The lowest BCUT2D eigenvalue weighted by Crippen LogP contribution is -2.50. The number of nitrogens with one attached hydrogen (secondary N) is 1. The lowest BCUT2D eigenvalue weighted by Gasteiger charge is -2.40. The minimum atomic E-state index is -2.89. The van der Waals surface area contributed by atoms with Crippen molar-refractivity contribution in [3.8, 4) is 0 Å². The van der Waals surface area contributed by atoms with E-state index in [1.807, 2.05) is 0 Å². The van der Waals surface area contributed by atoms with Crippen molar-refractivity contribution < 1.29 is 8.42 Å². The van der Waals surface area contributed by atoms with Crippen LogP contribution in [0.1, 0.15) is 46.5 Å². The minimum Gasteiger partial charge on any atom is -0.310 e. The minimum absolute atomic E-state index is 0.152. The molecule has 94 valence electrons. The zero-order valence-corrected chi connectivity index (χ0v) is 11.3. The molecule has 2 aliphatic rings. The van der Waals surface area contributed by atoms with E-state index in [0.29, 0.717) is 11.8 Å². The lowest BCUT2D eigenvalue weighted by atomic mass is 9.75. The fourth-order valence-corrected chi connectivity index (χ4v) is 5.44. The van der Waals surface area contributed by atoms with E-state index in [0.717, 1.165) is 25.7 Å². The Bertz CT molecular complexity index is 361. The topological polar surface area (TPSA) is 46.2 Å². The smallest absolute Gasteiger partial charge is 0.154 e. The monoisotopic (exact) mass is 245 g/mol. The van der Waals surface area contributed by atoms with Crippen LogP contribution in [0.4, 0.5) is 0 Å². The zero-order valence-electron chi connectivity index (χ0n) is 10.5. The van der Waals surface area contributed by atoms with Gasteiger partial charge < -0.3 is 5.32 Å². The maximum Gasteiger partial charge on any atom is 0.154 e. The molecule has 3 atom stereocenters. The largest absolute Gasteiger partial charge is 0.310 e. The summed E-state index contributed by atoms with van der Waals surface area (Å²) in [6.45, 7) is 6.47. The Labute approximate surface area is 98.9 Å². The standard InChI is InChI=1S/C12H23NO2S/c1-9-5-7-16(14,15)11-8-12(2,3)6-4-10(11)13-9/h9-11,13H,4-8H2,1-3H3. The average molecular weight is 245 g/mol. The first-order chi connectivity index (χ1) is 7.30. The Hall–Kier alpha value is -0.0900. The fourth-order valence-electron chi connectivity index (χ4n) is 3.03. The van der Waals surface area contributed by atoms with E-state index in [4.69, 9.17) is 0 Å². The van der Waals surface area contributed by atoms with Crippen LogP contribution in [0.15, 0.2) is 0 Å². The molecule has 2 fully saturated rings. The van der Waals surface area contributed by atoms with Gasteiger partial charge in [-0.3, -0.25) is 0 Å². The fraction of sp³-hybridized carbons (Fsp3) is 1.00. The van der Waals surface area contributed by atoms with Crippen molar-refractivity contribution in [1.82, 2.24) is 5.32 Å². The summed E-state index contributed by atoms with van der Waals surface area (Å²) in [5.74, 6) is 0.360. The first-order valence-electron chi connectivity index (χ1n) is 6.28. The van der Waals surface area contributed by atoms with Crippen molar-refractivity contribution in [1.29, 1.82) is 0 Å². The van der Waals surface area contributed by atoms with Crippen LogP contribution in [0.2, 0.25) is 0 Å². The van der Waals surface area contributed by atoms with Crippen molar-refractivity contribution in [2.75, 3.05) is 5.75 Å². The first-order valence-corrected chi connectivity index (χ1v) is 7.99. The molecule has 0 aromatic heterocycles. The van der Waals surface area contributed by atoms with Gasteiger partial charge in [0, 0.05) is 12.1 Å². The van der Waals surface area contributed by atoms with Gasteiger partial charge in [0.2, 0.25) is 0 Å². The first kappa shape index (κ1) is 12.4. The Balaban J connectivity index is 2.27. The molecule has 0 radical (unpaired) electrons. The van der Waals surface area contributed by atoms with Gasteiger partial charge in [0.25, 0.3) is 0 Å². The van der Waals surface area contributed by atoms with Crippen LogP contribution in [0.5, 0.6) is 0 Å². The van der Waals surface area contributed by atoms with Gasteiger partial charge in [0.05, 0.1) is 11.0 Å². The number of hydrogen-bond acceptors (Lipinski definition) is 3. The molecule has 0 aromatic rings. The van der Waals surface area contributed by atoms with Gasteiger partial charge in [-0.1, -0.05) is 13.8 Å². The molecule has 4 heteroatoms. The summed E-state index contributed by atoms with van der Waals surface area (Å²) >= 11 is 0. The second kappa shape index (κ2) is 3.98. The third-order valence-electron chi connectivity index (χ3n) is 4.13. The third kappa shape index (κ3) is 2.43. The van der Waals surface area contributed by atoms with Crippen molar-refractivity contribution in [2.24, 2.45) is 5.41 Å². The summed E-state index contributed by atoms with van der Waals surface area (Å²) in [7, 11) is -2.89. The van der Waals surface area contributed by atoms with Gasteiger partial charge in [-0.25, -0.2) is 8.42 Å². The second-order valence-electron chi connectivity index (χ2n) is 6.28. The zero-order chi connectivity index (χ0) is 12.0. The van der Waals surface area contributed by atoms with Crippen molar-refractivity contribution in [2.45, 2.75) is 63.8 Å². The van der Waals surface area contributed by atoms with Crippen LogP contribution < -0.4 is 5.32 Å². The Morgan fingerprint density at radius 3 is 2.62 bits per heavy atom. The summed E-state index contributed by atoms with van der Waals surface area (Å²) in [5, 5.41) is 3.34. The molecule has 3 nitrogen and oxygen atoms in total. The van der Waals surface area contributed by atoms with Gasteiger partial charge in [-0.2, -0.15) is 0 Å². The van der Waals surface area contributed by atoms with E-state index in [2.05, 4.69) is 26.1 Å². The van der Waals surface area contributed by atoms with Gasteiger partial charge in [-0.05, 0) is 38.0 Å². The number of hydrogen-bond donors (Lipinski definition) is 1. The Morgan fingerprint density at radius 2 is 1.94 bits per heavy atom. The molecular formula is C12H23NO2S. The molecule has 1 heterocycles. The summed E-state index contributed by atoms with van der Waals surface area (Å²) in [6, 6.07) is 0.529. The SMILES string of the molecule is CC1CCS(=O)(=O)C2CC(C)(C)CCC2N1. The third-order valence-corrected chi connectivity index (χ3v) is 6.35. The van der Waals surface area contributed by atoms with Gasteiger partial charge >= 0.3 is 0 Å². The molecule has 1 aliphatic heterocycles. The summed E-state index contributed by atoms with van der Waals surface area (Å²) in [6.07, 6.45) is 3.71. The summed E-state index contributed by atoms with van der Waals surface area (Å²) < 4.78 is 24.5. The molecule has 1 aliphatic carbocycles. The van der Waals surface area contributed by atoms with E-state index in [9.17, 15) is 8.42 Å². The maximum atomic E-state index is 12.2. The van der Waals surface area contributed by atoms with Crippen molar-refractivity contribution >= 4 is 9.84 Å². The highest BCUT2D eigenvalue weighted by atomic mass is 32.2. The number of sulfone groups is 1. The molecular weight excluding hydrogens is 222 g/mol. The van der Waals surface area contributed by atoms with Gasteiger partial charge in [0.15, 0.2) is 9.84 Å². The second-order valence-corrected chi connectivity index (χ2v) is 8.61. The van der Waals surface area contributed by atoms with Crippen LogP contribution in [0.25, 0.3) is 0 Å². The van der Waals surface area contributed by atoms with E-state index in [-0.39, 0.29) is 16.7 Å². The number of rotatable bonds is 0. The summed E-state index contributed by atoms with van der Waals surface area (Å²) in [4.78, 5) is 0. The van der Waals surface area contributed by atoms with E-state index >= 15 is 0 Å². The average Bonchev–Trinajstić information content (AvgIpc) is 2.26. The highest BCUT2D eigenvalue weighted by molar-refractivity contribution is 7.92. The molecule has 1 N–H and O–H groups in total. The van der Waals surface area contributed by atoms with Crippen LogP contribution >= 0.6 is 0 Å². The molecule has 1 saturated carbocycles. The highest BCUT2D eigenvalue weighted by Gasteiger charge is 2.43. The predicted octanol–water partition coefficient (Wildman–Crippen LogP) is 1.73. The van der Waals surface area contributed by atoms with Crippen molar-refractivity contribution in [3.05, 3.63) is 0 Å². The molecule has 1 saturated heterocycles. The predicted molar refractivity (Wildman–Crippen MR) is 66.2 cm³/mol. The normalized spacial score (nSPS) is 42.1. The molecule has 0 bridgehead atoms. The van der Waals surface area contributed by atoms with E-state index < -0.39 is 9.84 Å². The lowest BCUT2D eigenvalue weighted by molar-refractivity contribution is 0.205.